The van der Waals surface area contributed by atoms with E-state index in [0.29, 0.717) is 11.4 Å². The lowest BCUT2D eigenvalue weighted by molar-refractivity contribution is -0.123. The highest BCUT2D eigenvalue weighted by molar-refractivity contribution is 5.80. The minimum absolute atomic E-state index is 0.0893. The number of nitrogens with two attached hydrogens (primary N) is 1. The number of hydrogen-bond acceptors (Lipinski definition) is 4. The van der Waals surface area contributed by atoms with Crippen molar-refractivity contribution in [2.45, 2.75) is 26.3 Å². The van der Waals surface area contributed by atoms with E-state index in [9.17, 15) is 9.59 Å². The van der Waals surface area contributed by atoms with Crippen LogP contribution in [0.15, 0.2) is 24.3 Å². The SMILES string of the molecule is CC(C)NC(=O)CCNC(=O)COc1ccccc1N. The summed E-state index contributed by atoms with van der Waals surface area (Å²) >= 11 is 0. The molecule has 20 heavy (non-hydrogen) atoms. The topological polar surface area (TPSA) is 93.5 Å². The molecule has 0 saturated heterocycles. The zero-order valence-corrected chi connectivity index (χ0v) is 11.8. The average Bonchev–Trinajstić information content (AvgIpc) is 2.37. The quantitative estimate of drug-likeness (QED) is 0.640. The lowest BCUT2D eigenvalue weighted by Crippen LogP contribution is -2.35. The molecule has 0 aliphatic heterocycles. The largest absolute Gasteiger partial charge is 0.482 e. The molecule has 0 atom stereocenters. The predicted molar refractivity (Wildman–Crippen MR) is 77.3 cm³/mol. The molecule has 0 spiro atoms. The molecule has 0 saturated carbocycles. The summed E-state index contributed by atoms with van der Waals surface area (Å²) in [5.74, 6) is 0.0966. The fourth-order valence-corrected chi connectivity index (χ4v) is 1.52. The number of nitrogen functional groups attached to an aromatic ring is 1. The third-order valence-corrected chi connectivity index (χ3v) is 2.40. The number of carbonyl (C=O) groups is 2. The number of carbonyl (C=O) groups excluding carboxylic acids is 2. The molecule has 2 amide bonds. The van der Waals surface area contributed by atoms with Crippen molar-refractivity contribution in [2.24, 2.45) is 0 Å². The molecule has 0 bridgehead atoms. The summed E-state index contributed by atoms with van der Waals surface area (Å²) in [7, 11) is 0. The van der Waals surface area contributed by atoms with Crippen molar-refractivity contribution in [2.75, 3.05) is 18.9 Å². The fourth-order valence-electron chi connectivity index (χ4n) is 1.52. The van der Waals surface area contributed by atoms with Crippen LogP contribution in [0.2, 0.25) is 0 Å². The predicted octanol–water partition coefficient (Wildman–Crippen LogP) is 0.679. The molecule has 1 rings (SSSR count). The van der Waals surface area contributed by atoms with Crippen LogP contribution in [0.3, 0.4) is 0 Å². The number of para-hydroxylation sites is 2. The van der Waals surface area contributed by atoms with E-state index in [1.807, 2.05) is 13.8 Å². The molecular weight excluding hydrogens is 258 g/mol. The Hall–Kier alpha value is -2.24. The first-order valence-electron chi connectivity index (χ1n) is 6.52. The summed E-state index contributed by atoms with van der Waals surface area (Å²) in [6.07, 6.45) is 0.247. The van der Waals surface area contributed by atoms with Crippen LogP contribution < -0.4 is 21.1 Å². The van der Waals surface area contributed by atoms with Crippen molar-refractivity contribution in [3.8, 4) is 5.75 Å². The second kappa shape index (κ2) is 8.04. The summed E-state index contributed by atoms with van der Waals surface area (Å²) in [4.78, 5) is 22.9. The van der Waals surface area contributed by atoms with Gasteiger partial charge in [0, 0.05) is 19.0 Å². The van der Waals surface area contributed by atoms with Crippen molar-refractivity contribution in [1.82, 2.24) is 10.6 Å². The van der Waals surface area contributed by atoms with Crippen LogP contribution in [-0.4, -0.2) is 31.0 Å². The Morgan fingerprint density at radius 2 is 1.95 bits per heavy atom. The number of ether oxygens (including phenoxy) is 1. The first kappa shape index (κ1) is 15.8. The second-order valence-corrected chi connectivity index (χ2v) is 4.65. The van der Waals surface area contributed by atoms with Crippen LogP contribution >= 0.6 is 0 Å². The normalized spacial score (nSPS) is 10.2. The molecular formula is C14H21N3O3. The Morgan fingerprint density at radius 1 is 1.25 bits per heavy atom. The summed E-state index contributed by atoms with van der Waals surface area (Å²) in [5.41, 5.74) is 6.17. The lowest BCUT2D eigenvalue weighted by Gasteiger charge is -2.10. The summed E-state index contributed by atoms with van der Waals surface area (Å²) in [6, 6.07) is 7.06. The first-order valence-corrected chi connectivity index (χ1v) is 6.52. The second-order valence-electron chi connectivity index (χ2n) is 4.65. The Labute approximate surface area is 118 Å². The van der Waals surface area contributed by atoms with E-state index in [1.54, 1.807) is 24.3 Å². The summed E-state index contributed by atoms with van der Waals surface area (Å²) in [5, 5.41) is 5.35. The maximum absolute atomic E-state index is 11.5. The molecule has 0 unspecified atom stereocenters. The van der Waals surface area contributed by atoms with Crippen LogP contribution in [0.1, 0.15) is 20.3 Å². The highest BCUT2D eigenvalue weighted by atomic mass is 16.5. The molecule has 0 aliphatic rings. The van der Waals surface area contributed by atoms with E-state index < -0.39 is 0 Å². The lowest BCUT2D eigenvalue weighted by atomic mass is 10.3. The van der Waals surface area contributed by atoms with E-state index in [1.165, 1.54) is 0 Å². The monoisotopic (exact) mass is 279 g/mol. The van der Waals surface area contributed by atoms with Gasteiger partial charge in [-0.1, -0.05) is 12.1 Å². The molecule has 0 aliphatic carbocycles. The average molecular weight is 279 g/mol. The smallest absolute Gasteiger partial charge is 0.257 e. The van der Waals surface area contributed by atoms with E-state index in [0.717, 1.165) is 0 Å². The Balaban J connectivity index is 2.21. The molecule has 4 N–H and O–H groups in total. The van der Waals surface area contributed by atoms with E-state index >= 15 is 0 Å². The van der Waals surface area contributed by atoms with Gasteiger partial charge >= 0.3 is 0 Å². The first-order chi connectivity index (χ1) is 9.49. The Bertz CT molecular complexity index is 461. The maximum Gasteiger partial charge on any atom is 0.257 e. The third kappa shape index (κ3) is 6.08. The molecule has 0 radical (unpaired) electrons. The van der Waals surface area contributed by atoms with Crippen molar-refractivity contribution in [3.63, 3.8) is 0 Å². The molecule has 1 aromatic rings. The minimum Gasteiger partial charge on any atom is -0.482 e. The number of hydrogen-bond donors (Lipinski definition) is 3. The third-order valence-electron chi connectivity index (χ3n) is 2.40. The van der Waals surface area contributed by atoms with E-state index in [4.69, 9.17) is 10.5 Å². The van der Waals surface area contributed by atoms with Crippen molar-refractivity contribution >= 4 is 17.5 Å². The van der Waals surface area contributed by atoms with Crippen LogP contribution in [0.25, 0.3) is 0 Å². The summed E-state index contributed by atoms with van der Waals surface area (Å²) < 4.78 is 5.28. The number of benzene rings is 1. The zero-order valence-electron chi connectivity index (χ0n) is 11.8. The standard InChI is InChI=1S/C14H21N3O3/c1-10(2)17-13(18)7-8-16-14(19)9-20-12-6-4-3-5-11(12)15/h3-6,10H,7-9,15H2,1-2H3,(H,16,19)(H,17,18). The molecule has 1 aromatic carbocycles. The number of nitrogens with one attached hydrogen (secondary N) is 2. The van der Waals surface area contributed by atoms with Gasteiger partial charge in [-0.05, 0) is 26.0 Å². The van der Waals surface area contributed by atoms with Gasteiger partial charge in [-0.15, -0.1) is 0 Å². The van der Waals surface area contributed by atoms with Crippen molar-refractivity contribution in [1.29, 1.82) is 0 Å². The summed E-state index contributed by atoms with van der Waals surface area (Å²) in [6.45, 7) is 3.92. The zero-order chi connectivity index (χ0) is 15.0. The van der Waals surface area contributed by atoms with Gasteiger partial charge in [-0.25, -0.2) is 0 Å². The highest BCUT2D eigenvalue weighted by Crippen LogP contribution is 2.19. The van der Waals surface area contributed by atoms with Gasteiger partial charge in [0.2, 0.25) is 5.91 Å². The van der Waals surface area contributed by atoms with Gasteiger partial charge in [0.1, 0.15) is 5.75 Å². The van der Waals surface area contributed by atoms with Gasteiger partial charge in [0.15, 0.2) is 6.61 Å². The van der Waals surface area contributed by atoms with Crippen LogP contribution in [0.5, 0.6) is 5.75 Å². The highest BCUT2D eigenvalue weighted by Gasteiger charge is 2.06. The molecule has 0 fully saturated rings. The number of rotatable bonds is 7. The van der Waals surface area contributed by atoms with Crippen molar-refractivity contribution in [3.05, 3.63) is 24.3 Å². The van der Waals surface area contributed by atoms with Gasteiger partial charge in [0.25, 0.3) is 5.91 Å². The molecule has 110 valence electrons. The van der Waals surface area contributed by atoms with Crippen LogP contribution in [0.4, 0.5) is 5.69 Å². The van der Waals surface area contributed by atoms with Crippen molar-refractivity contribution < 1.29 is 14.3 Å². The molecule has 0 heterocycles. The van der Waals surface area contributed by atoms with E-state index in [2.05, 4.69) is 10.6 Å². The van der Waals surface area contributed by atoms with E-state index in [-0.39, 0.29) is 37.4 Å². The molecule has 6 heteroatoms. The number of amides is 2. The minimum atomic E-state index is -0.286. The van der Waals surface area contributed by atoms with Gasteiger partial charge in [-0.3, -0.25) is 9.59 Å². The molecule has 0 aromatic heterocycles. The number of anilines is 1. The van der Waals surface area contributed by atoms with Crippen LogP contribution in [0, 0.1) is 0 Å². The van der Waals surface area contributed by atoms with Crippen LogP contribution in [-0.2, 0) is 9.59 Å². The Kier molecular flexibility index (Phi) is 6.36. The maximum atomic E-state index is 11.5. The van der Waals surface area contributed by atoms with Gasteiger partial charge < -0.3 is 21.1 Å². The fraction of sp³-hybridized carbons (Fsp3) is 0.429. The molecule has 6 nitrogen and oxygen atoms in total. The Morgan fingerprint density at radius 3 is 2.60 bits per heavy atom. The van der Waals surface area contributed by atoms with Gasteiger partial charge in [-0.2, -0.15) is 0 Å². The van der Waals surface area contributed by atoms with Gasteiger partial charge in [0.05, 0.1) is 5.69 Å².